The van der Waals surface area contributed by atoms with Gasteiger partial charge in [-0.15, -0.1) is 0 Å². The molecule has 0 unspecified atom stereocenters. The zero-order valence-electron chi connectivity index (χ0n) is 7.98. The van der Waals surface area contributed by atoms with E-state index in [4.69, 9.17) is 0 Å². The summed E-state index contributed by atoms with van der Waals surface area (Å²) in [5.74, 6) is 0. The second kappa shape index (κ2) is 3.50. The standard InChI is InChI=1S/C10H16N2O/c1-8-6-11-12(7-8)9-4-2-3-5-10(9)13/h6-7,9-10,13H,2-5H2,1H3/t9-,10-/m1/s1. The molecule has 1 aliphatic rings. The minimum atomic E-state index is -0.201. The molecule has 0 aliphatic heterocycles. The molecular weight excluding hydrogens is 164 g/mol. The Balaban J connectivity index is 2.14. The van der Waals surface area contributed by atoms with Crippen molar-refractivity contribution in [3.8, 4) is 0 Å². The Morgan fingerprint density at radius 2 is 2.23 bits per heavy atom. The Labute approximate surface area is 78.4 Å². The quantitative estimate of drug-likeness (QED) is 0.713. The fourth-order valence-electron chi connectivity index (χ4n) is 2.01. The first-order valence-corrected chi connectivity index (χ1v) is 4.96. The van der Waals surface area contributed by atoms with Crippen molar-refractivity contribution in [3.05, 3.63) is 18.0 Å². The highest BCUT2D eigenvalue weighted by molar-refractivity contribution is 5.01. The summed E-state index contributed by atoms with van der Waals surface area (Å²) in [6.45, 7) is 2.03. The van der Waals surface area contributed by atoms with Gasteiger partial charge < -0.3 is 5.11 Å². The van der Waals surface area contributed by atoms with Gasteiger partial charge in [0, 0.05) is 6.20 Å². The highest BCUT2D eigenvalue weighted by Crippen LogP contribution is 2.27. The van der Waals surface area contributed by atoms with Crippen molar-refractivity contribution in [3.63, 3.8) is 0 Å². The second-order valence-electron chi connectivity index (χ2n) is 3.92. The summed E-state index contributed by atoms with van der Waals surface area (Å²) in [5.41, 5.74) is 1.16. The molecule has 0 bridgehead atoms. The van der Waals surface area contributed by atoms with Crippen LogP contribution in [0.25, 0.3) is 0 Å². The van der Waals surface area contributed by atoms with Crippen LogP contribution in [0, 0.1) is 6.92 Å². The van der Waals surface area contributed by atoms with Gasteiger partial charge in [-0.05, 0) is 25.3 Å². The highest BCUT2D eigenvalue weighted by Gasteiger charge is 2.24. The fraction of sp³-hybridized carbons (Fsp3) is 0.700. The van der Waals surface area contributed by atoms with E-state index < -0.39 is 0 Å². The van der Waals surface area contributed by atoms with Crippen molar-refractivity contribution >= 4 is 0 Å². The van der Waals surface area contributed by atoms with E-state index in [2.05, 4.69) is 5.10 Å². The molecule has 2 rings (SSSR count). The number of aryl methyl sites for hydroxylation is 1. The van der Waals surface area contributed by atoms with Crippen molar-refractivity contribution in [1.82, 2.24) is 9.78 Å². The molecule has 1 fully saturated rings. The van der Waals surface area contributed by atoms with Crippen LogP contribution in [0.15, 0.2) is 12.4 Å². The van der Waals surface area contributed by atoms with Crippen molar-refractivity contribution < 1.29 is 5.11 Å². The van der Waals surface area contributed by atoms with Gasteiger partial charge in [0.2, 0.25) is 0 Å². The molecule has 0 amide bonds. The minimum Gasteiger partial charge on any atom is -0.391 e. The number of aliphatic hydroxyl groups excluding tert-OH is 1. The van der Waals surface area contributed by atoms with Crippen molar-refractivity contribution in [2.75, 3.05) is 0 Å². The van der Waals surface area contributed by atoms with Crippen molar-refractivity contribution in [1.29, 1.82) is 0 Å². The van der Waals surface area contributed by atoms with Crippen LogP contribution in [0.1, 0.15) is 37.3 Å². The topological polar surface area (TPSA) is 38.0 Å². The third-order valence-corrected chi connectivity index (χ3v) is 2.76. The Bertz CT molecular complexity index is 282. The zero-order chi connectivity index (χ0) is 9.26. The lowest BCUT2D eigenvalue weighted by atomic mass is 9.93. The number of aromatic nitrogens is 2. The first-order valence-electron chi connectivity index (χ1n) is 4.96. The molecule has 3 nitrogen and oxygen atoms in total. The molecule has 0 saturated heterocycles. The van der Waals surface area contributed by atoms with E-state index in [1.165, 1.54) is 6.42 Å². The summed E-state index contributed by atoms with van der Waals surface area (Å²) in [6, 6.07) is 0.211. The molecule has 0 radical (unpaired) electrons. The van der Waals surface area contributed by atoms with E-state index in [-0.39, 0.29) is 12.1 Å². The van der Waals surface area contributed by atoms with E-state index in [0.717, 1.165) is 24.8 Å². The lowest BCUT2D eigenvalue weighted by Gasteiger charge is -2.27. The van der Waals surface area contributed by atoms with Gasteiger partial charge in [-0.25, -0.2) is 0 Å². The predicted molar refractivity (Wildman–Crippen MR) is 50.5 cm³/mol. The molecule has 1 N–H and O–H groups in total. The molecular formula is C10H16N2O. The van der Waals surface area contributed by atoms with Gasteiger partial charge >= 0.3 is 0 Å². The van der Waals surface area contributed by atoms with Gasteiger partial charge in [-0.3, -0.25) is 4.68 Å². The summed E-state index contributed by atoms with van der Waals surface area (Å²) in [6.07, 6.45) is 8.00. The van der Waals surface area contributed by atoms with Crippen LogP contribution in [0.5, 0.6) is 0 Å². The van der Waals surface area contributed by atoms with Crippen LogP contribution in [-0.4, -0.2) is 21.0 Å². The third-order valence-electron chi connectivity index (χ3n) is 2.76. The Morgan fingerprint density at radius 3 is 2.85 bits per heavy atom. The largest absolute Gasteiger partial charge is 0.391 e. The Kier molecular flexibility index (Phi) is 2.36. The van der Waals surface area contributed by atoms with Gasteiger partial charge in [-0.2, -0.15) is 5.10 Å². The highest BCUT2D eigenvalue weighted by atomic mass is 16.3. The van der Waals surface area contributed by atoms with E-state index >= 15 is 0 Å². The minimum absolute atomic E-state index is 0.201. The van der Waals surface area contributed by atoms with Crippen LogP contribution in [0.2, 0.25) is 0 Å². The smallest absolute Gasteiger partial charge is 0.0778 e. The number of nitrogens with zero attached hydrogens (tertiary/aromatic N) is 2. The lowest BCUT2D eigenvalue weighted by Crippen LogP contribution is -2.27. The maximum Gasteiger partial charge on any atom is 0.0778 e. The van der Waals surface area contributed by atoms with Crippen LogP contribution >= 0.6 is 0 Å². The molecule has 1 aliphatic carbocycles. The fourth-order valence-corrected chi connectivity index (χ4v) is 2.01. The average Bonchev–Trinajstić information content (AvgIpc) is 2.53. The molecule has 1 saturated carbocycles. The SMILES string of the molecule is Cc1cnn([C@@H]2CCCC[C@H]2O)c1. The van der Waals surface area contributed by atoms with Gasteiger partial charge in [0.15, 0.2) is 0 Å². The molecule has 72 valence electrons. The van der Waals surface area contributed by atoms with Crippen molar-refractivity contribution in [2.45, 2.75) is 44.8 Å². The lowest BCUT2D eigenvalue weighted by molar-refractivity contribution is 0.0694. The van der Waals surface area contributed by atoms with E-state index in [9.17, 15) is 5.11 Å². The van der Waals surface area contributed by atoms with Crippen LogP contribution < -0.4 is 0 Å². The van der Waals surface area contributed by atoms with Gasteiger partial charge in [0.05, 0.1) is 18.3 Å². The Hall–Kier alpha value is -0.830. The molecule has 2 atom stereocenters. The molecule has 3 heteroatoms. The van der Waals surface area contributed by atoms with Crippen LogP contribution in [0.3, 0.4) is 0 Å². The zero-order valence-corrected chi connectivity index (χ0v) is 7.98. The second-order valence-corrected chi connectivity index (χ2v) is 3.92. The molecule has 0 spiro atoms. The number of hydrogen-bond donors (Lipinski definition) is 1. The summed E-state index contributed by atoms with van der Waals surface area (Å²) in [4.78, 5) is 0. The van der Waals surface area contributed by atoms with Crippen molar-refractivity contribution in [2.24, 2.45) is 0 Å². The van der Waals surface area contributed by atoms with Crippen LogP contribution in [-0.2, 0) is 0 Å². The molecule has 13 heavy (non-hydrogen) atoms. The molecule has 0 aromatic carbocycles. The predicted octanol–water partition coefficient (Wildman–Crippen LogP) is 1.67. The van der Waals surface area contributed by atoms with Crippen LogP contribution in [0.4, 0.5) is 0 Å². The summed E-state index contributed by atoms with van der Waals surface area (Å²) in [7, 11) is 0. The van der Waals surface area contributed by atoms with Gasteiger partial charge in [0.1, 0.15) is 0 Å². The Morgan fingerprint density at radius 1 is 1.46 bits per heavy atom. The normalized spacial score (nSPS) is 29.1. The first-order chi connectivity index (χ1) is 6.27. The molecule has 1 heterocycles. The molecule has 1 aromatic heterocycles. The van der Waals surface area contributed by atoms with Gasteiger partial charge in [-0.1, -0.05) is 12.8 Å². The van der Waals surface area contributed by atoms with E-state index in [1.807, 2.05) is 24.0 Å². The van der Waals surface area contributed by atoms with E-state index in [0.29, 0.717) is 0 Å². The van der Waals surface area contributed by atoms with Gasteiger partial charge in [0.25, 0.3) is 0 Å². The average molecular weight is 180 g/mol. The number of rotatable bonds is 1. The van der Waals surface area contributed by atoms with E-state index in [1.54, 1.807) is 0 Å². The summed E-state index contributed by atoms with van der Waals surface area (Å²) >= 11 is 0. The number of hydrogen-bond acceptors (Lipinski definition) is 2. The molecule has 1 aromatic rings. The monoisotopic (exact) mass is 180 g/mol. The number of aliphatic hydroxyl groups is 1. The first kappa shape index (κ1) is 8.75. The maximum absolute atomic E-state index is 9.77. The summed E-state index contributed by atoms with van der Waals surface area (Å²) in [5, 5.41) is 14.0. The summed E-state index contributed by atoms with van der Waals surface area (Å²) < 4.78 is 1.92. The third kappa shape index (κ3) is 1.75. The maximum atomic E-state index is 9.77.